The minimum atomic E-state index is 0.578. The van der Waals surface area contributed by atoms with Crippen molar-refractivity contribution in [3.05, 3.63) is 28.2 Å². The zero-order valence-corrected chi connectivity index (χ0v) is 12.8. The maximum absolute atomic E-state index is 5.68. The van der Waals surface area contributed by atoms with Gasteiger partial charge in [-0.15, -0.1) is 0 Å². The fourth-order valence-corrected chi connectivity index (χ4v) is 2.27. The normalized spacial score (nSPS) is 12.4. The van der Waals surface area contributed by atoms with Gasteiger partial charge in [-0.3, -0.25) is 0 Å². The Morgan fingerprint density at radius 2 is 2.22 bits per heavy atom. The number of halogens is 1. The first-order chi connectivity index (χ1) is 8.71. The molecule has 0 aliphatic heterocycles. The van der Waals surface area contributed by atoms with Gasteiger partial charge < -0.3 is 15.8 Å². The molecule has 0 saturated carbocycles. The Morgan fingerprint density at radius 1 is 1.44 bits per heavy atom. The van der Waals surface area contributed by atoms with Gasteiger partial charge in [-0.2, -0.15) is 0 Å². The fourth-order valence-electron chi connectivity index (χ4n) is 1.87. The quantitative estimate of drug-likeness (QED) is 0.725. The summed E-state index contributed by atoms with van der Waals surface area (Å²) in [6, 6.07) is 6.10. The van der Waals surface area contributed by atoms with Crippen molar-refractivity contribution in [3.63, 3.8) is 0 Å². The highest BCUT2D eigenvalue weighted by Crippen LogP contribution is 2.23. The van der Waals surface area contributed by atoms with E-state index in [4.69, 9.17) is 10.5 Å². The van der Waals surface area contributed by atoms with Crippen LogP contribution in [0.5, 0.6) is 5.75 Å². The summed E-state index contributed by atoms with van der Waals surface area (Å²) in [5.41, 5.74) is 6.90. The van der Waals surface area contributed by atoms with Gasteiger partial charge in [0.05, 0.1) is 7.11 Å². The van der Waals surface area contributed by atoms with Crippen molar-refractivity contribution in [2.75, 3.05) is 26.7 Å². The minimum absolute atomic E-state index is 0.578. The number of hydrogen-bond acceptors (Lipinski definition) is 3. The molecule has 4 heteroatoms. The van der Waals surface area contributed by atoms with E-state index in [1.54, 1.807) is 7.11 Å². The van der Waals surface area contributed by atoms with E-state index in [1.165, 1.54) is 5.56 Å². The Labute approximate surface area is 118 Å². The van der Waals surface area contributed by atoms with Crippen LogP contribution in [0.4, 0.5) is 0 Å². The highest BCUT2D eigenvalue weighted by Gasteiger charge is 2.05. The molecule has 3 nitrogen and oxygen atoms in total. The molecule has 102 valence electrons. The van der Waals surface area contributed by atoms with Crippen molar-refractivity contribution in [3.8, 4) is 5.75 Å². The van der Waals surface area contributed by atoms with Crippen molar-refractivity contribution >= 4 is 15.9 Å². The lowest BCUT2D eigenvalue weighted by molar-refractivity contribution is 0.408. The zero-order chi connectivity index (χ0) is 13.4. The monoisotopic (exact) mass is 314 g/mol. The molecule has 1 atom stereocenters. The first-order valence-corrected chi connectivity index (χ1v) is 7.23. The van der Waals surface area contributed by atoms with Gasteiger partial charge in [0.25, 0.3) is 0 Å². The molecular weight excluding hydrogens is 292 g/mol. The largest absolute Gasteiger partial charge is 0.496 e. The lowest BCUT2D eigenvalue weighted by atomic mass is 10.1. The van der Waals surface area contributed by atoms with Gasteiger partial charge in [0.1, 0.15) is 5.75 Å². The summed E-state index contributed by atoms with van der Waals surface area (Å²) >= 11 is 3.49. The first-order valence-electron chi connectivity index (χ1n) is 6.44. The van der Waals surface area contributed by atoms with Crippen LogP contribution in [0.25, 0.3) is 0 Å². The smallest absolute Gasteiger partial charge is 0.122 e. The lowest BCUT2D eigenvalue weighted by Gasteiger charge is -2.14. The van der Waals surface area contributed by atoms with Gasteiger partial charge >= 0.3 is 0 Å². The van der Waals surface area contributed by atoms with E-state index in [0.717, 1.165) is 42.7 Å². The Bertz CT molecular complexity index is 354. The van der Waals surface area contributed by atoms with Crippen LogP contribution >= 0.6 is 15.9 Å². The summed E-state index contributed by atoms with van der Waals surface area (Å²) in [5, 5.41) is 3.46. The van der Waals surface area contributed by atoms with E-state index in [0.29, 0.717) is 5.92 Å². The van der Waals surface area contributed by atoms with E-state index < -0.39 is 0 Å². The summed E-state index contributed by atoms with van der Waals surface area (Å²) in [7, 11) is 1.71. The van der Waals surface area contributed by atoms with Crippen molar-refractivity contribution in [2.45, 2.75) is 19.8 Å². The summed E-state index contributed by atoms with van der Waals surface area (Å²) in [6.07, 6.45) is 2.09. The van der Waals surface area contributed by atoms with Gasteiger partial charge in [0.15, 0.2) is 0 Å². The minimum Gasteiger partial charge on any atom is -0.496 e. The Balaban J connectivity index is 2.41. The van der Waals surface area contributed by atoms with Crippen molar-refractivity contribution in [1.29, 1.82) is 0 Å². The number of rotatable bonds is 8. The van der Waals surface area contributed by atoms with Crippen LogP contribution in [0.3, 0.4) is 0 Å². The molecule has 1 rings (SSSR count). The number of nitrogens with one attached hydrogen (secondary N) is 1. The van der Waals surface area contributed by atoms with E-state index >= 15 is 0 Å². The number of ether oxygens (including phenoxy) is 1. The fraction of sp³-hybridized carbons (Fsp3) is 0.571. The number of nitrogens with two attached hydrogens (primary N) is 1. The summed E-state index contributed by atoms with van der Waals surface area (Å²) in [5.74, 6) is 1.53. The maximum atomic E-state index is 5.68. The molecule has 18 heavy (non-hydrogen) atoms. The van der Waals surface area contributed by atoms with Gasteiger partial charge in [0, 0.05) is 4.47 Å². The third-order valence-electron chi connectivity index (χ3n) is 3.16. The molecule has 0 radical (unpaired) electrons. The van der Waals surface area contributed by atoms with Crippen molar-refractivity contribution in [1.82, 2.24) is 5.32 Å². The van der Waals surface area contributed by atoms with Gasteiger partial charge in [-0.1, -0.05) is 29.3 Å². The highest BCUT2D eigenvalue weighted by molar-refractivity contribution is 9.10. The van der Waals surface area contributed by atoms with Crippen LogP contribution < -0.4 is 15.8 Å². The molecule has 0 fully saturated rings. The molecule has 0 amide bonds. The Kier molecular flexibility index (Phi) is 7.32. The van der Waals surface area contributed by atoms with Crippen LogP contribution in [-0.2, 0) is 6.42 Å². The number of methoxy groups -OCH3 is 1. The third kappa shape index (κ3) is 4.96. The SMILES string of the molecule is CCC(CN)CNCCc1cc(Br)ccc1OC. The van der Waals surface area contributed by atoms with Crippen LogP contribution in [-0.4, -0.2) is 26.7 Å². The molecule has 1 aromatic carbocycles. The van der Waals surface area contributed by atoms with E-state index in [1.807, 2.05) is 12.1 Å². The average Bonchev–Trinajstić information content (AvgIpc) is 2.39. The molecule has 0 heterocycles. The van der Waals surface area contributed by atoms with E-state index in [-0.39, 0.29) is 0 Å². The van der Waals surface area contributed by atoms with Gasteiger partial charge in [-0.05, 0) is 55.7 Å². The van der Waals surface area contributed by atoms with Gasteiger partial charge in [0.2, 0.25) is 0 Å². The molecule has 0 saturated heterocycles. The third-order valence-corrected chi connectivity index (χ3v) is 3.65. The van der Waals surface area contributed by atoms with Crippen LogP contribution in [0, 0.1) is 5.92 Å². The van der Waals surface area contributed by atoms with Crippen molar-refractivity contribution < 1.29 is 4.74 Å². The standard InChI is InChI=1S/C14H23BrN2O/c1-3-11(9-16)10-17-7-6-12-8-13(15)4-5-14(12)18-2/h4-5,8,11,17H,3,6-7,9-10,16H2,1-2H3. The summed E-state index contributed by atoms with van der Waals surface area (Å²) < 4.78 is 6.44. The van der Waals surface area contributed by atoms with Crippen molar-refractivity contribution in [2.24, 2.45) is 11.7 Å². The summed E-state index contributed by atoms with van der Waals surface area (Å²) in [4.78, 5) is 0. The predicted molar refractivity (Wildman–Crippen MR) is 80.1 cm³/mol. The second-order valence-corrected chi connectivity index (χ2v) is 5.34. The Morgan fingerprint density at radius 3 is 2.83 bits per heavy atom. The van der Waals surface area contributed by atoms with E-state index in [9.17, 15) is 0 Å². The maximum Gasteiger partial charge on any atom is 0.122 e. The summed E-state index contributed by atoms with van der Waals surface area (Å²) in [6.45, 7) is 4.87. The van der Waals surface area contributed by atoms with Gasteiger partial charge in [-0.25, -0.2) is 0 Å². The number of hydrogen-bond donors (Lipinski definition) is 2. The highest BCUT2D eigenvalue weighted by atomic mass is 79.9. The zero-order valence-electron chi connectivity index (χ0n) is 11.2. The Hall–Kier alpha value is -0.580. The van der Waals surface area contributed by atoms with Crippen LogP contribution in [0.15, 0.2) is 22.7 Å². The lowest BCUT2D eigenvalue weighted by Crippen LogP contribution is -2.29. The molecule has 0 aliphatic carbocycles. The molecule has 3 N–H and O–H groups in total. The predicted octanol–water partition coefficient (Wildman–Crippen LogP) is 2.57. The molecule has 1 aromatic rings. The van der Waals surface area contributed by atoms with Crippen LogP contribution in [0.1, 0.15) is 18.9 Å². The molecule has 0 spiro atoms. The molecule has 1 unspecified atom stereocenters. The second kappa shape index (κ2) is 8.51. The van der Waals surface area contributed by atoms with E-state index in [2.05, 4.69) is 34.2 Å². The molecule has 0 bridgehead atoms. The molecular formula is C14H23BrN2O. The second-order valence-electron chi connectivity index (χ2n) is 4.42. The molecule has 0 aliphatic rings. The topological polar surface area (TPSA) is 47.3 Å². The van der Waals surface area contributed by atoms with Crippen LogP contribution in [0.2, 0.25) is 0 Å². The number of benzene rings is 1. The first kappa shape index (κ1) is 15.5. The average molecular weight is 315 g/mol. The molecule has 0 aromatic heterocycles.